The van der Waals surface area contributed by atoms with Crippen LogP contribution in [0.5, 0.6) is 0 Å². The van der Waals surface area contributed by atoms with Crippen molar-refractivity contribution >= 4 is 11.4 Å². The molecule has 3 atom stereocenters. The van der Waals surface area contributed by atoms with Crippen molar-refractivity contribution in [2.24, 2.45) is 0 Å². The van der Waals surface area contributed by atoms with Crippen LogP contribution in [0.2, 0.25) is 0 Å². The zero-order valence-electron chi connectivity index (χ0n) is 10.1. The molecule has 94 valence electrons. The molecule has 0 aromatic carbocycles. The molecule has 2 N–H and O–H groups in total. The first-order valence-electron chi connectivity index (χ1n) is 5.54. The van der Waals surface area contributed by atoms with E-state index < -0.39 is 11.4 Å². The number of hydrogen-bond acceptors (Lipinski definition) is 4. The van der Waals surface area contributed by atoms with Gasteiger partial charge in [-0.05, 0) is 39.7 Å². The number of ether oxygens (including phenoxy) is 1. The molecule has 16 heavy (non-hydrogen) atoms. The third kappa shape index (κ3) is 3.97. The van der Waals surface area contributed by atoms with Crippen molar-refractivity contribution in [2.75, 3.05) is 6.61 Å². The summed E-state index contributed by atoms with van der Waals surface area (Å²) in [4.78, 5) is 0. The van der Waals surface area contributed by atoms with Crippen LogP contribution < -0.4 is 4.72 Å². The standard InChI is InChI=1S/C11H21NO3S/c1-11(2,3)16(14)12-9(8-13)10-6-4-5-7-15-10/h5,7,9-10,12-13H,4,6,8H2,1-3H3/t9-,10-,16-/m0/s1. The predicted molar refractivity (Wildman–Crippen MR) is 65.2 cm³/mol. The molecule has 1 aliphatic rings. The number of allylic oxidation sites excluding steroid dienone is 1. The van der Waals surface area contributed by atoms with E-state index in [1.165, 1.54) is 0 Å². The van der Waals surface area contributed by atoms with Crippen molar-refractivity contribution in [1.82, 2.24) is 4.72 Å². The van der Waals surface area contributed by atoms with Crippen LogP contribution in [-0.4, -0.2) is 33.2 Å². The Labute approximate surface area is 100 Å². The maximum absolute atomic E-state index is 11.9. The molecule has 1 heterocycles. The van der Waals surface area contributed by atoms with Gasteiger partial charge in [-0.25, -0.2) is 0 Å². The fourth-order valence-electron chi connectivity index (χ4n) is 1.39. The third-order valence-electron chi connectivity index (χ3n) is 2.43. The second kappa shape index (κ2) is 5.91. The van der Waals surface area contributed by atoms with Gasteiger partial charge in [-0.1, -0.05) is 0 Å². The third-order valence-corrected chi connectivity index (χ3v) is 4.06. The molecular formula is C11H21NO3S. The fourth-order valence-corrected chi connectivity index (χ4v) is 2.25. The van der Waals surface area contributed by atoms with E-state index in [2.05, 4.69) is 4.72 Å². The summed E-state index contributed by atoms with van der Waals surface area (Å²) >= 11 is -1.18. The monoisotopic (exact) mass is 247 g/mol. The van der Waals surface area contributed by atoms with Crippen molar-refractivity contribution < 1.29 is 14.4 Å². The lowest BCUT2D eigenvalue weighted by atomic mass is 10.1. The Morgan fingerprint density at radius 3 is 2.75 bits per heavy atom. The summed E-state index contributed by atoms with van der Waals surface area (Å²) in [5.41, 5.74) is 0. The average molecular weight is 247 g/mol. The van der Waals surface area contributed by atoms with Crippen LogP contribution in [0.15, 0.2) is 12.3 Å². The summed E-state index contributed by atoms with van der Waals surface area (Å²) in [5.74, 6) is 0. The first-order chi connectivity index (χ1) is 7.45. The van der Waals surface area contributed by atoms with E-state index in [0.29, 0.717) is 0 Å². The van der Waals surface area contributed by atoms with Gasteiger partial charge in [-0.2, -0.15) is 0 Å². The molecule has 0 fully saturated rings. The van der Waals surface area contributed by atoms with Crippen LogP contribution in [0.25, 0.3) is 0 Å². The summed E-state index contributed by atoms with van der Waals surface area (Å²) in [5, 5.41) is 9.29. The summed E-state index contributed by atoms with van der Waals surface area (Å²) in [7, 11) is 0. The minimum absolute atomic E-state index is 0.0691. The number of nitrogens with one attached hydrogen (secondary N) is 1. The molecule has 0 aromatic heterocycles. The lowest BCUT2D eigenvalue weighted by molar-refractivity contribution is 0.0682. The molecule has 4 nitrogen and oxygen atoms in total. The van der Waals surface area contributed by atoms with Crippen LogP contribution in [0.4, 0.5) is 0 Å². The normalized spacial score (nSPS) is 24.9. The van der Waals surface area contributed by atoms with Gasteiger partial charge in [-0.15, -0.1) is 4.72 Å². The minimum atomic E-state index is -1.18. The quantitative estimate of drug-likeness (QED) is 0.730. The molecule has 0 aromatic rings. The second-order valence-electron chi connectivity index (χ2n) is 4.91. The number of rotatable bonds is 4. The zero-order chi connectivity index (χ0) is 12.2. The van der Waals surface area contributed by atoms with Gasteiger partial charge in [0.15, 0.2) is 0 Å². The highest BCUT2D eigenvalue weighted by Gasteiger charge is 2.33. The van der Waals surface area contributed by atoms with Crippen LogP contribution in [0, 0.1) is 0 Å². The summed E-state index contributed by atoms with van der Waals surface area (Å²) in [6, 6.07) is -0.273. The lowest BCUT2D eigenvalue weighted by Crippen LogP contribution is -2.51. The number of hydrogen-bond donors (Lipinski definition) is 2. The molecule has 0 bridgehead atoms. The van der Waals surface area contributed by atoms with Crippen molar-refractivity contribution in [3.8, 4) is 0 Å². The lowest BCUT2D eigenvalue weighted by Gasteiger charge is -2.31. The molecule has 1 aliphatic heterocycles. The smallest absolute Gasteiger partial charge is 0.136 e. The highest BCUT2D eigenvalue weighted by molar-refractivity contribution is 7.90. The van der Waals surface area contributed by atoms with Gasteiger partial charge in [0.1, 0.15) is 16.9 Å². The topological polar surface area (TPSA) is 64.5 Å². The van der Waals surface area contributed by atoms with Crippen LogP contribution in [-0.2, 0) is 16.1 Å². The molecule has 0 saturated heterocycles. The molecule has 0 amide bonds. The molecule has 0 unspecified atom stereocenters. The highest BCUT2D eigenvalue weighted by atomic mass is 32.2. The van der Waals surface area contributed by atoms with E-state index in [0.717, 1.165) is 12.8 Å². The van der Waals surface area contributed by atoms with Crippen molar-refractivity contribution in [3.63, 3.8) is 0 Å². The molecule has 0 aliphatic carbocycles. The largest absolute Gasteiger partial charge is 0.598 e. The van der Waals surface area contributed by atoms with E-state index in [9.17, 15) is 9.66 Å². The predicted octanol–water partition coefficient (Wildman–Crippen LogP) is 1.09. The van der Waals surface area contributed by atoms with E-state index in [1.54, 1.807) is 6.26 Å². The maximum atomic E-state index is 11.9. The van der Waals surface area contributed by atoms with Crippen molar-refractivity contribution in [1.29, 1.82) is 0 Å². The maximum Gasteiger partial charge on any atom is 0.136 e. The Kier molecular flexibility index (Phi) is 5.11. The first kappa shape index (κ1) is 13.8. The van der Waals surface area contributed by atoms with Crippen molar-refractivity contribution in [3.05, 3.63) is 12.3 Å². The van der Waals surface area contributed by atoms with Crippen LogP contribution >= 0.6 is 0 Å². The first-order valence-corrected chi connectivity index (χ1v) is 6.69. The average Bonchev–Trinajstić information content (AvgIpc) is 2.25. The summed E-state index contributed by atoms with van der Waals surface area (Å²) < 4.78 is 19.9. The molecule has 5 heteroatoms. The Morgan fingerprint density at radius 2 is 2.31 bits per heavy atom. The molecule has 1 rings (SSSR count). The van der Waals surface area contributed by atoms with Gasteiger partial charge in [0.2, 0.25) is 0 Å². The zero-order valence-corrected chi connectivity index (χ0v) is 10.9. The van der Waals surface area contributed by atoms with E-state index in [4.69, 9.17) is 4.74 Å². The Morgan fingerprint density at radius 1 is 1.62 bits per heavy atom. The molecule has 0 radical (unpaired) electrons. The van der Waals surface area contributed by atoms with Gasteiger partial charge in [0.25, 0.3) is 0 Å². The minimum Gasteiger partial charge on any atom is -0.598 e. The highest BCUT2D eigenvalue weighted by Crippen LogP contribution is 2.18. The van der Waals surface area contributed by atoms with E-state index in [1.807, 2.05) is 26.8 Å². The molecular weight excluding hydrogens is 226 g/mol. The van der Waals surface area contributed by atoms with Gasteiger partial charge in [0, 0.05) is 11.4 Å². The number of aliphatic hydroxyl groups excluding tert-OH is 1. The number of aliphatic hydroxyl groups is 1. The van der Waals surface area contributed by atoms with E-state index in [-0.39, 0.29) is 23.5 Å². The Hall–Kier alpha value is -0.230. The van der Waals surface area contributed by atoms with Gasteiger partial charge in [0.05, 0.1) is 12.9 Å². The van der Waals surface area contributed by atoms with Gasteiger partial charge >= 0.3 is 0 Å². The van der Waals surface area contributed by atoms with E-state index >= 15 is 0 Å². The molecule has 0 saturated carbocycles. The second-order valence-corrected chi connectivity index (χ2v) is 6.91. The van der Waals surface area contributed by atoms with Crippen molar-refractivity contribution in [2.45, 2.75) is 50.5 Å². The summed E-state index contributed by atoms with van der Waals surface area (Å²) in [6.07, 6.45) is 5.28. The SMILES string of the molecule is CC(C)(C)[S@+]([O-])N[C@@H](CO)[C@@H]1CCC=CO1. The Balaban J connectivity index is 2.51. The van der Waals surface area contributed by atoms with Gasteiger partial charge in [-0.3, -0.25) is 0 Å². The Bertz CT molecular complexity index is 240. The van der Waals surface area contributed by atoms with Crippen LogP contribution in [0.1, 0.15) is 33.6 Å². The van der Waals surface area contributed by atoms with Crippen LogP contribution in [0.3, 0.4) is 0 Å². The molecule has 0 spiro atoms. The fraction of sp³-hybridized carbons (Fsp3) is 0.818. The van der Waals surface area contributed by atoms with Gasteiger partial charge < -0.3 is 14.4 Å². The summed E-state index contributed by atoms with van der Waals surface area (Å²) in [6.45, 7) is 5.62.